The molecule has 0 bridgehead atoms. The molecule has 0 atom stereocenters. The van der Waals surface area contributed by atoms with Gasteiger partial charge in [0.1, 0.15) is 11.2 Å². The zero-order valence-corrected chi connectivity index (χ0v) is 17.1. The lowest BCUT2D eigenvalue weighted by molar-refractivity contribution is 0.0925. The van der Waals surface area contributed by atoms with E-state index in [-0.39, 0.29) is 23.6 Å². The Morgan fingerprint density at radius 2 is 1.76 bits per heavy atom. The van der Waals surface area contributed by atoms with Crippen LogP contribution in [0.25, 0.3) is 21.9 Å². The first-order valence-electron chi connectivity index (χ1n) is 9.25. The molecule has 148 valence electrons. The summed E-state index contributed by atoms with van der Waals surface area (Å²) in [5.74, 6) is -0.185. The molecular weight excluding hydrogens is 390 g/mol. The van der Waals surface area contributed by atoms with Crippen LogP contribution >= 0.6 is 11.6 Å². The molecule has 0 fully saturated rings. The molecule has 0 saturated carbocycles. The summed E-state index contributed by atoms with van der Waals surface area (Å²) < 4.78 is 10.9. The van der Waals surface area contributed by atoms with Crippen molar-refractivity contribution in [2.24, 2.45) is 0 Å². The van der Waals surface area contributed by atoms with Crippen LogP contribution in [0.3, 0.4) is 0 Å². The highest BCUT2D eigenvalue weighted by Crippen LogP contribution is 2.27. The molecule has 0 saturated heterocycles. The van der Waals surface area contributed by atoms with Crippen molar-refractivity contribution in [1.29, 1.82) is 0 Å². The molecule has 0 unspecified atom stereocenters. The number of nitrogens with one attached hydrogen (secondary N) is 1. The van der Waals surface area contributed by atoms with Gasteiger partial charge in [-0.1, -0.05) is 38.4 Å². The molecule has 1 amide bonds. The minimum atomic E-state index is -0.455. The lowest BCUT2D eigenvalue weighted by atomic mass is 9.86. The van der Waals surface area contributed by atoms with Gasteiger partial charge in [0.25, 0.3) is 5.91 Å². The molecular formula is C23H20ClNO4. The monoisotopic (exact) mass is 409 g/mol. The molecule has 0 radical (unpaired) electrons. The predicted octanol–water partition coefficient (Wildman–Crippen LogP) is 5.42. The Hall–Kier alpha value is -3.05. The number of amides is 1. The van der Waals surface area contributed by atoms with Crippen molar-refractivity contribution in [3.05, 3.63) is 80.9 Å². The fourth-order valence-electron chi connectivity index (χ4n) is 3.23. The van der Waals surface area contributed by atoms with Gasteiger partial charge in [-0.2, -0.15) is 0 Å². The van der Waals surface area contributed by atoms with Gasteiger partial charge in [0.05, 0.1) is 0 Å². The SMILES string of the molecule is CC(C)(C)c1ccc2oc(=O)cc(CNC(=O)c3cc4cc(Cl)ccc4o3)c2c1. The summed E-state index contributed by atoms with van der Waals surface area (Å²) in [6, 6.07) is 14.0. The van der Waals surface area contributed by atoms with Gasteiger partial charge in [0.2, 0.25) is 0 Å². The number of benzene rings is 2. The lowest BCUT2D eigenvalue weighted by Gasteiger charge is -2.19. The Morgan fingerprint density at radius 1 is 1.00 bits per heavy atom. The fraction of sp³-hybridized carbons (Fsp3) is 0.217. The van der Waals surface area contributed by atoms with Crippen LogP contribution in [0.5, 0.6) is 0 Å². The normalized spacial score (nSPS) is 11.9. The van der Waals surface area contributed by atoms with Crippen LogP contribution in [-0.4, -0.2) is 5.91 Å². The van der Waals surface area contributed by atoms with Crippen LogP contribution < -0.4 is 10.9 Å². The standard InChI is InChI=1S/C23H20ClNO4/c1-23(2,3)15-4-6-19-17(11-15)14(10-21(26)29-19)12-25-22(27)20-9-13-8-16(24)5-7-18(13)28-20/h4-11H,12H2,1-3H3,(H,25,27). The van der Waals surface area contributed by atoms with Crippen molar-refractivity contribution in [3.63, 3.8) is 0 Å². The fourth-order valence-corrected chi connectivity index (χ4v) is 3.41. The van der Waals surface area contributed by atoms with E-state index in [1.165, 1.54) is 6.07 Å². The van der Waals surface area contributed by atoms with Crippen molar-refractivity contribution >= 4 is 39.4 Å². The lowest BCUT2D eigenvalue weighted by Crippen LogP contribution is -2.23. The topological polar surface area (TPSA) is 72.5 Å². The third-order valence-electron chi connectivity index (χ3n) is 4.84. The zero-order valence-electron chi connectivity index (χ0n) is 16.3. The first-order valence-corrected chi connectivity index (χ1v) is 9.63. The van der Waals surface area contributed by atoms with Gasteiger partial charge in [0, 0.05) is 28.4 Å². The number of hydrogen-bond acceptors (Lipinski definition) is 4. The Bertz CT molecular complexity index is 1290. The summed E-state index contributed by atoms with van der Waals surface area (Å²) in [7, 11) is 0. The second-order valence-corrected chi connectivity index (χ2v) is 8.46. The minimum absolute atomic E-state index is 0.0552. The van der Waals surface area contributed by atoms with Crippen molar-refractivity contribution in [2.75, 3.05) is 0 Å². The second kappa shape index (κ2) is 7.08. The molecule has 2 heterocycles. The van der Waals surface area contributed by atoms with Crippen LogP contribution in [0.15, 0.2) is 62.2 Å². The Labute approximate surface area is 172 Å². The van der Waals surface area contributed by atoms with Gasteiger partial charge in [0.15, 0.2) is 5.76 Å². The number of carbonyl (C=O) groups excluding carboxylic acids is 1. The van der Waals surface area contributed by atoms with Gasteiger partial charge in [-0.3, -0.25) is 4.79 Å². The maximum atomic E-state index is 12.6. The van der Waals surface area contributed by atoms with E-state index in [9.17, 15) is 9.59 Å². The third-order valence-corrected chi connectivity index (χ3v) is 5.07. The molecule has 2 aromatic carbocycles. The van der Waals surface area contributed by atoms with Crippen molar-refractivity contribution in [2.45, 2.75) is 32.7 Å². The van der Waals surface area contributed by atoms with Crippen molar-refractivity contribution < 1.29 is 13.6 Å². The first kappa shape index (κ1) is 19.3. The Morgan fingerprint density at radius 3 is 2.52 bits per heavy atom. The van der Waals surface area contributed by atoms with E-state index in [4.69, 9.17) is 20.4 Å². The van der Waals surface area contributed by atoms with Crippen LogP contribution in [0, 0.1) is 0 Å². The first-order chi connectivity index (χ1) is 13.7. The largest absolute Gasteiger partial charge is 0.451 e. The van der Waals surface area contributed by atoms with Crippen LogP contribution in [0.1, 0.15) is 42.5 Å². The number of furan rings is 1. The van der Waals surface area contributed by atoms with Gasteiger partial charge >= 0.3 is 5.63 Å². The second-order valence-electron chi connectivity index (χ2n) is 8.03. The van der Waals surface area contributed by atoms with E-state index in [1.54, 1.807) is 30.3 Å². The summed E-state index contributed by atoms with van der Waals surface area (Å²) >= 11 is 5.98. The molecule has 5 nitrogen and oxygen atoms in total. The Balaban J connectivity index is 1.64. The number of fused-ring (bicyclic) bond motifs is 2. The molecule has 6 heteroatoms. The molecule has 4 rings (SSSR count). The smallest absolute Gasteiger partial charge is 0.336 e. The number of hydrogen-bond donors (Lipinski definition) is 1. The van der Waals surface area contributed by atoms with Crippen molar-refractivity contribution in [3.8, 4) is 0 Å². The molecule has 4 aromatic rings. The highest BCUT2D eigenvalue weighted by atomic mass is 35.5. The maximum Gasteiger partial charge on any atom is 0.336 e. The molecule has 0 spiro atoms. The minimum Gasteiger partial charge on any atom is -0.451 e. The highest BCUT2D eigenvalue weighted by Gasteiger charge is 2.17. The maximum absolute atomic E-state index is 12.6. The number of halogens is 1. The average Bonchev–Trinajstić information content (AvgIpc) is 3.07. The van der Waals surface area contributed by atoms with Gasteiger partial charge < -0.3 is 14.2 Å². The summed E-state index contributed by atoms with van der Waals surface area (Å²) in [6.45, 7) is 6.51. The van der Waals surface area contributed by atoms with E-state index in [0.717, 1.165) is 16.3 Å². The molecule has 29 heavy (non-hydrogen) atoms. The summed E-state index contributed by atoms with van der Waals surface area (Å²) in [5.41, 5.74) is 2.37. The number of carbonyl (C=O) groups is 1. The zero-order chi connectivity index (χ0) is 20.8. The van der Waals surface area contributed by atoms with Crippen LogP contribution in [-0.2, 0) is 12.0 Å². The van der Waals surface area contributed by atoms with Crippen LogP contribution in [0.2, 0.25) is 5.02 Å². The van der Waals surface area contributed by atoms with E-state index in [2.05, 4.69) is 26.1 Å². The van der Waals surface area contributed by atoms with E-state index >= 15 is 0 Å². The van der Waals surface area contributed by atoms with E-state index in [1.807, 2.05) is 12.1 Å². The van der Waals surface area contributed by atoms with Gasteiger partial charge in [-0.05, 0) is 52.9 Å². The van der Waals surface area contributed by atoms with Crippen LogP contribution in [0.4, 0.5) is 0 Å². The quantitative estimate of drug-likeness (QED) is 0.458. The molecule has 2 aromatic heterocycles. The molecule has 0 aliphatic heterocycles. The molecule has 1 N–H and O–H groups in total. The summed E-state index contributed by atoms with van der Waals surface area (Å²) in [4.78, 5) is 24.5. The van der Waals surface area contributed by atoms with Gasteiger partial charge in [-0.15, -0.1) is 0 Å². The third kappa shape index (κ3) is 3.91. The predicted molar refractivity (Wildman–Crippen MR) is 114 cm³/mol. The molecule has 0 aliphatic carbocycles. The van der Waals surface area contributed by atoms with E-state index < -0.39 is 5.63 Å². The highest BCUT2D eigenvalue weighted by molar-refractivity contribution is 6.31. The summed E-state index contributed by atoms with van der Waals surface area (Å²) in [5, 5.41) is 4.95. The van der Waals surface area contributed by atoms with E-state index in [0.29, 0.717) is 21.8 Å². The summed E-state index contributed by atoms with van der Waals surface area (Å²) in [6.07, 6.45) is 0. The average molecular weight is 410 g/mol. The van der Waals surface area contributed by atoms with Gasteiger partial charge in [-0.25, -0.2) is 4.79 Å². The number of rotatable bonds is 3. The van der Waals surface area contributed by atoms with Crippen molar-refractivity contribution in [1.82, 2.24) is 5.32 Å². The Kier molecular flexibility index (Phi) is 4.71. The molecule has 0 aliphatic rings.